The maximum atomic E-state index is 11.8. The average molecular weight is 302 g/mol. The van der Waals surface area contributed by atoms with Gasteiger partial charge in [-0.25, -0.2) is 0 Å². The summed E-state index contributed by atoms with van der Waals surface area (Å²) in [5.74, 6) is 2.30. The fraction of sp³-hybridized carbons (Fsp3) is 0.900. The van der Waals surface area contributed by atoms with Crippen molar-refractivity contribution < 1.29 is 9.59 Å². The fourth-order valence-corrected chi connectivity index (χ4v) is 7.85. The summed E-state index contributed by atoms with van der Waals surface area (Å²) in [5, 5.41) is 0. The van der Waals surface area contributed by atoms with Gasteiger partial charge in [0.2, 0.25) is 0 Å². The Morgan fingerprint density at radius 2 is 1.73 bits per heavy atom. The molecular weight excluding hydrogens is 272 g/mol. The van der Waals surface area contributed by atoms with E-state index < -0.39 is 0 Å². The van der Waals surface area contributed by atoms with Gasteiger partial charge in [-0.3, -0.25) is 0 Å². The molecule has 0 radical (unpaired) electrons. The van der Waals surface area contributed by atoms with Crippen LogP contribution in [0.15, 0.2) is 0 Å². The van der Waals surface area contributed by atoms with E-state index in [-0.39, 0.29) is 5.41 Å². The van der Waals surface area contributed by atoms with Crippen molar-refractivity contribution in [2.75, 3.05) is 0 Å². The van der Waals surface area contributed by atoms with Crippen LogP contribution in [0.3, 0.4) is 0 Å². The predicted molar refractivity (Wildman–Crippen MR) is 86.3 cm³/mol. The largest absolute Gasteiger partial charge is 0.303 e. The molecule has 4 aliphatic rings. The highest BCUT2D eigenvalue weighted by Gasteiger charge is 2.64. The highest BCUT2D eigenvalue weighted by Crippen LogP contribution is 2.71. The molecule has 0 N–H and O–H groups in total. The Hall–Kier alpha value is -0.660. The summed E-state index contributed by atoms with van der Waals surface area (Å²) in [7, 11) is 0. The smallest absolute Gasteiger partial charge is 0.126 e. The second kappa shape index (κ2) is 4.68. The van der Waals surface area contributed by atoms with E-state index in [2.05, 4.69) is 13.8 Å². The summed E-state index contributed by atoms with van der Waals surface area (Å²) < 4.78 is 0. The summed E-state index contributed by atoms with van der Waals surface area (Å²) >= 11 is 0. The van der Waals surface area contributed by atoms with Crippen molar-refractivity contribution in [3.63, 3.8) is 0 Å². The quantitative estimate of drug-likeness (QED) is 0.708. The summed E-state index contributed by atoms with van der Waals surface area (Å²) in [6, 6.07) is 0. The summed E-state index contributed by atoms with van der Waals surface area (Å²) in [6.45, 7) is 4.72. The third-order valence-electron chi connectivity index (χ3n) is 8.68. The Kier molecular flexibility index (Phi) is 3.17. The van der Waals surface area contributed by atoms with Crippen LogP contribution in [0.25, 0.3) is 0 Å². The molecular formula is C20H30O2. The van der Waals surface area contributed by atoms with Crippen LogP contribution in [0.1, 0.15) is 71.6 Å². The fourth-order valence-electron chi connectivity index (χ4n) is 7.85. The van der Waals surface area contributed by atoms with Gasteiger partial charge in [0, 0.05) is 11.3 Å². The van der Waals surface area contributed by atoms with E-state index >= 15 is 0 Å². The van der Waals surface area contributed by atoms with Gasteiger partial charge in [-0.2, -0.15) is 0 Å². The molecule has 2 bridgehead atoms. The van der Waals surface area contributed by atoms with Gasteiger partial charge >= 0.3 is 0 Å². The van der Waals surface area contributed by atoms with Crippen LogP contribution in [0.4, 0.5) is 0 Å². The van der Waals surface area contributed by atoms with Crippen LogP contribution in [-0.4, -0.2) is 12.6 Å². The molecule has 2 nitrogen and oxygen atoms in total. The van der Waals surface area contributed by atoms with E-state index in [0.717, 1.165) is 18.8 Å². The van der Waals surface area contributed by atoms with Gasteiger partial charge in [-0.1, -0.05) is 20.3 Å². The van der Waals surface area contributed by atoms with Gasteiger partial charge in [0.15, 0.2) is 0 Å². The van der Waals surface area contributed by atoms with E-state index in [4.69, 9.17) is 0 Å². The number of carbonyl (C=O) groups is 2. The van der Waals surface area contributed by atoms with E-state index in [1.54, 1.807) is 0 Å². The first kappa shape index (κ1) is 14.9. The lowest BCUT2D eigenvalue weighted by Gasteiger charge is -2.63. The Morgan fingerprint density at radius 1 is 0.909 bits per heavy atom. The molecule has 4 fully saturated rings. The summed E-state index contributed by atoms with van der Waals surface area (Å²) in [6.07, 6.45) is 13.6. The zero-order valence-electron chi connectivity index (χ0n) is 14.1. The van der Waals surface area contributed by atoms with Crippen LogP contribution >= 0.6 is 0 Å². The highest BCUT2D eigenvalue weighted by molar-refractivity contribution is 5.60. The molecule has 2 heteroatoms. The molecule has 122 valence electrons. The van der Waals surface area contributed by atoms with Crippen molar-refractivity contribution in [3.8, 4) is 0 Å². The van der Waals surface area contributed by atoms with Gasteiger partial charge in [-0.05, 0) is 80.0 Å². The number of carbonyl (C=O) groups excluding carboxylic acids is 2. The maximum Gasteiger partial charge on any atom is 0.126 e. The zero-order valence-corrected chi connectivity index (χ0v) is 14.1. The van der Waals surface area contributed by atoms with Crippen molar-refractivity contribution in [1.29, 1.82) is 0 Å². The number of rotatable bonds is 2. The third kappa shape index (κ3) is 1.73. The molecule has 0 unspecified atom stereocenters. The molecule has 0 heterocycles. The second-order valence-electron chi connectivity index (χ2n) is 9.53. The molecule has 0 aromatic heterocycles. The lowest BCUT2D eigenvalue weighted by atomic mass is 9.41. The van der Waals surface area contributed by atoms with E-state index in [9.17, 15) is 9.59 Å². The SMILES string of the molecule is C[C@@]12CCC[C@@](C)(C=O)[C@H]1CC[C@@]13C[C@@H](CC[C@H]12)[C@H](C=O)C3. The topological polar surface area (TPSA) is 34.1 Å². The number of aldehydes is 2. The van der Waals surface area contributed by atoms with Gasteiger partial charge in [0.05, 0.1) is 0 Å². The minimum atomic E-state index is -0.103. The third-order valence-corrected chi connectivity index (χ3v) is 8.68. The van der Waals surface area contributed by atoms with Gasteiger partial charge < -0.3 is 9.59 Å². The normalized spacial score (nSPS) is 56.8. The standard InChI is InChI=1S/C20H30O2/c1-18(13-22)7-3-8-19(2)16(18)6-9-20-10-14(4-5-17(19)20)15(11-20)12-21/h12-17H,3-11H2,1-2H3/t14-,15+,16-,17+,18+,19-,20+/m1/s1. The van der Waals surface area contributed by atoms with E-state index in [1.165, 1.54) is 57.5 Å². The minimum absolute atomic E-state index is 0.103. The Labute approximate surface area is 134 Å². The zero-order chi connectivity index (χ0) is 15.6. The molecule has 0 saturated heterocycles. The first-order valence-corrected chi connectivity index (χ1v) is 9.39. The Balaban J connectivity index is 1.72. The lowest BCUT2D eigenvalue weighted by molar-refractivity contribution is -0.157. The van der Waals surface area contributed by atoms with Gasteiger partial charge in [0.25, 0.3) is 0 Å². The van der Waals surface area contributed by atoms with Gasteiger partial charge in [0.1, 0.15) is 12.6 Å². The van der Waals surface area contributed by atoms with E-state index in [1.807, 2.05) is 0 Å². The molecule has 1 spiro atoms. The number of hydrogen-bond acceptors (Lipinski definition) is 2. The average Bonchev–Trinajstić information content (AvgIpc) is 2.77. The Bertz CT molecular complexity index is 500. The number of fused-ring (bicyclic) bond motifs is 3. The van der Waals surface area contributed by atoms with Gasteiger partial charge in [-0.15, -0.1) is 0 Å². The van der Waals surface area contributed by atoms with Crippen LogP contribution in [-0.2, 0) is 9.59 Å². The molecule has 0 aliphatic heterocycles. The molecule has 0 aromatic carbocycles. The van der Waals surface area contributed by atoms with Crippen molar-refractivity contribution >= 4 is 12.6 Å². The molecule has 4 aliphatic carbocycles. The Morgan fingerprint density at radius 3 is 2.45 bits per heavy atom. The molecule has 4 rings (SSSR count). The monoisotopic (exact) mass is 302 g/mol. The highest BCUT2D eigenvalue weighted by atomic mass is 16.1. The summed E-state index contributed by atoms with van der Waals surface area (Å²) in [5.41, 5.74) is 0.657. The molecule has 4 saturated carbocycles. The first-order chi connectivity index (χ1) is 10.5. The minimum Gasteiger partial charge on any atom is -0.303 e. The number of hydrogen-bond donors (Lipinski definition) is 0. The van der Waals surface area contributed by atoms with Crippen LogP contribution in [0, 0.1) is 39.9 Å². The first-order valence-electron chi connectivity index (χ1n) is 9.39. The maximum absolute atomic E-state index is 11.8. The molecule has 0 amide bonds. The van der Waals surface area contributed by atoms with Crippen molar-refractivity contribution in [1.82, 2.24) is 0 Å². The predicted octanol–water partition coefficient (Wildman–Crippen LogP) is 4.41. The lowest BCUT2D eigenvalue weighted by Crippen LogP contribution is -2.56. The van der Waals surface area contributed by atoms with Crippen LogP contribution < -0.4 is 0 Å². The summed E-state index contributed by atoms with van der Waals surface area (Å²) in [4.78, 5) is 23.3. The van der Waals surface area contributed by atoms with Crippen molar-refractivity contribution in [2.24, 2.45) is 39.9 Å². The van der Waals surface area contributed by atoms with Crippen LogP contribution in [0.5, 0.6) is 0 Å². The molecule has 22 heavy (non-hydrogen) atoms. The molecule has 0 aromatic rings. The van der Waals surface area contributed by atoms with Crippen molar-refractivity contribution in [3.05, 3.63) is 0 Å². The van der Waals surface area contributed by atoms with E-state index in [0.29, 0.717) is 28.6 Å². The van der Waals surface area contributed by atoms with Crippen molar-refractivity contribution in [2.45, 2.75) is 71.6 Å². The second-order valence-corrected chi connectivity index (χ2v) is 9.53. The van der Waals surface area contributed by atoms with Crippen LogP contribution in [0.2, 0.25) is 0 Å². The molecule has 7 atom stereocenters.